The molecule has 8 aromatic carbocycles. The van der Waals surface area contributed by atoms with E-state index >= 15 is 0 Å². The number of hydrogen-bond donors (Lipinski definition) is 0. The fourth-order valence-corrected chi connectivity index (χ4v) is 8.73. The van der Waals surface area contributed by atoms with Crippen molar-refractivity contribution in [3.8, 4) is 55.6 Å². The molecule has 0 spiro atoms. The molecule has 8 aromatic rings. The van der Waals surface area contributed by atoms with Gasteiger partial charge in [0.2, 0.25) is 0 Å². The van der Waals surface area contributed by atoms with Gasteiger partial charge in [0.15, 0.2) is 0 Å². The first-order valence-corrected chi connectivity index (χ1v) is 20.0. The summed E-state index contributed by atoms with van der Waals surface area (Å²) in [6.07, 6.45) is 5.79. The van der Waals surface area contributed by atoms with Gasteiger partial charge in [0.1, 0.15) is 0 Å². The van der Waals surface area contributed by atoms with Crippen LogP contribution in [-0.4, -0.2) is 0 Å². The standard InChI is InChI=1S/C56H42N2/c1-3-14-39(4-2)45-25-31-55-53(34-45)51-36-52-48(33-47(51)37-57(55)49-27-21-43(22-28-49)40-15-8-5-9-16-40)38-58(50-29-23-44(24-30-50)41-17-10-6-11-18-41)56-32-26-46(35-54(52)56)42-19-12-7-13-20-42/h3-36H,1-2,37-38H2/b39-14+. The van der Waals surface area contributed by atoms with Crippen molar-refractivity contribution < 1.29 is 0 Å². The van der Waals surface area contributed by atoms with E-state index in [2.05, 4.69) is 211 Å². The molecule has 0 saturated carbocycles. The maximum atomic E-state index is 4.15. The lowest BCUT2D eigenvalue weighted by Gasteiger charge is -2.37. The van der Waals surface area contributed by atoms with Crippen LogP contribution in [0.4, 0.5) is 22.7 Å². The molecule has 0 saturated heterocycles. The molecule has 0 N–H and O–H groups in total. The zero-order valence-electron chi connectivity index (χ0n) is 32.4. The van der Waals surface area contributed by atoms with E-state index in [0.717, 1.165) is 24.2 Å². The first-order chi connectivity index (χ1) is 28.6. The van der Waals surface area contributed by atoms with Crippen LogP contribution in [0.2, 0.25) is 0 Å². The summed E-state index contributed by atoms with van der Waals surface area (Å²) in [5, 5.41) is 0. The van der Waals surface area contributed by atoms with Crippen LogP contribution in [-0.2, 0) is 13.1 Å². The average molecular weight is 743 g/mol. The van der Waals surface area contributed by atoms with Crippen molar-refractivity contribution in [1.82, 2.24) is 0 Å². The van der Waals surface area contributed by atoms with Gasteiger partial charge in [-0.3, -0.25) is 0 Å². The van der Waals surface area contributed by atoms with Gasteiger partial charge in [0.25, 0.3) is 0 Å². The summed E-state index contributed by atoms with van der Waals surface area (Å²) in [5.74, 6) is 0. The maximum absolute atomic E-state index is 4.15. The molecule has 2 heterocycles. The third-order valence-corrected chi connectivity index (χ3v) is 11.7. The van der Waals surface area contributed by atoms with Crippen molar-refractivity contribution >= 4 is 28.3 Å². The molecule has 0 amide bonds. The molecule has 2 nitrogen and oxygen atoms in total. The number of allylic oxidation sites excluding steroid dienone is 4. The Morgan fingerprint density at radius 1 is 0.397 bits per heavy atom. The van der Waals surface area contributed by atoms with Crippen molar-refractivity contribution in [3.05, 3.63) is 236 Å². The summed E-state index contributed by atoms with van der Waals surface area (Å²) < 4.78 is 0. The van der Waals surface area contributed by atoms with E-state index in [4.69, 9.17) is 0 Å². The molecule has 0 fully saturated rings. The molecule has 10 rings (SSSR count). The molecule has 276 valence electrons. The summed E-state index contributed by atoms with van der Waals surface area (Å²) in [5.41, 5.74) is 21.9. The minimum absolute atomic E-state index is 0.763. The van der Waals surface area contributed by atoms with Gasteiger partial charge in [0, 0.05) is 47.0 Å². The summed E-state index contributed by atoms with van der Waals surface area (Å²) in [6.45, 7) is 9.66. The fraction of sp³-hybridized carbons (Fsp3) is 0.0357. The van der Waals surface area contributed by atoms with Crippen LogP contribution < -0.4 is 9.80 Å². The fourth-order valence-electron chi connectivity index (χ4n) is 8.73. The van der Waals surface area contributed by atoms with Crippen LogP contribution in [0.3, 0.4) is 0 Å². The second kappa shape index (κ2) is 14.9. The molecular formula is C56H42N2. The summed E-state index contributed by atoms with van der Waals surface area (Å²) >= 11 is 0. The number of rotatable bonds is 8. The zero-order chi connectivity index (χ0) is 39.0. The van der Waals surface area contributed by atoms with Crippen LogP contribution in [0.5, 0.6) is 0 Å². The first-order valence-electron chi connectivity index (χ1n) is 20.0. The van der Waals surface area contributed by atoms with Gasteiger partial charge >= 0.3 is 0 Å². The molecule has 0 atom stereocenters. The van der Waals surface area contributed by atoms with E-state index in [1.54, 1.807) is 0 Å². The predicted molar refractivity (Wildman–Crippen MR) is 247 cm³/mol. The quantitative estimate of drug-likeness (QED) is 0.143. The minimum atomic E-state index is 0.763. The Labute approximate surface area is 341 Å². The van der Waals surface area contributed by atoms with Crippen molar-refractivity contribution in [3.63, 3.8) is 0 Å². The highest BCUT2D eigenvalue weighted by Gasteiger charge is 2.30. The lowest BCUT2D eigenvalue weighted by molar-refractivity contribution is 0.929. The van der Waals surface area contributed by atoms with E-state index in [1.165, 1.54) is 89.5 Å². The average Bonchev–Trinajstić information content (AvgIpc) is 3.30. The third-order valence-electron chi connectivity index (χ3n) is 11.7. The molecule has 0 unspecified atom stereocenters. The topological polar surface area (TPSA) is 6.48 Å². The van der Waals surface area contributed by atoms with Crippen LogP contribution in [0.25, 0.3) is 61.2 Å². The van der Waals surface area contributed by atoms with E-state index in [0.29, 0.717) is 0 Å². The normalized spacial score (nSPS) is 12.9. The van der Waals surface area contributed by atoms with Crippen molar-refractivity contribution in [1.29, 1.82) is 0 Å². The molecule has 0 bridgehead atoms. The Hall–Kier alpha value is -7.42. The largest absolute Gasteiger partial charge is 0.336 e. The number of anilines is 4. The Balaban J connectivity index is 1.12. The smallest absolute Gasteiger partial charge is 0.0494 e. The maximum Gasteiger partial charge on any atom is 0.0494 e. The predicted octanol–water partition coefficient (Wildman–Crippen LogP) is 15.1. The van der Waals surface area contributed by atoms with Crippen molar-refractivity contribution in [2.45, 2.75) is 13.1 Å². The molecule has 58 heavy (non-hydrogen) atoms. The van der Waals surface area contributed by atoms with Crippen molar-refractivity contribution in [2.75, 3.05) is 9.80 Å². The SMILES string of the molecule is C=C/C=C(\C=C)c1ccc2c(c1)-c1cc3c(cc1CN2c1ccc(-c2ccccc2)cc1)CN(c1ccc(-c2ccccc2)cc1)c1ccc(-c2ccccc2)cc1-3. The Morgan fingerprint density at radius 3 is 1.31 bits per heavy atom. The van der Waals surface area contributed by atoms with Gasteiger partial charge in [-0.05, 0) is 121 Å². The monoisotopic (exact) mass is 742 g/mol. The highest BCUT2D eigenvalue weighted by atomic mass is 15.2. The third kappa shape index (κ3) is 6.35. The number of nitrogens with zero attached hydrogens (tertiary/aromatic N) is 2. The van der Waals surface area contributed by atoms with Crippen LogP contribution in [0.1, 0.15) is 16.7 Å². The van der Waals surface area contributed by atoms with E-state index in [9.17, 15) is 0 Å². The zero-order valence-corrected chi connectivity index (χ0v) is 32.4. The van der Waals surface area contributed by atoms with E-state index in [1.807, 2.05) is 18.2 Å². The second-order valence-corrected chi connectivity index (χ2v) is 15.1. The Kier molecular flexibility index (Phi) is 9.01. The van der Waals surface area contributed by atoms with Gasteiger partial charge in [-0.15, -0.1) is 0 Å². The molecule has 0 aromatic heterocycles. The van der Waals surface area contributed by atoms with Gasteiger partial charge in [-0.25, -0.2) is 0 Å². The first kappa shape index (κ1) is 35.0. The number of benzene rings is 8. The summed E-state index contributed by atoms with van der Waals surface area (Å²) in [4.78, 5) is 4.96. The summed E-state index contributed by atoms with van der Waals surface area (Å²) in [6, 6.07) is 68.7. The highest BCUT2D eigenvalue weighted by molar-refractivity contribution is 5.96. The second-order valence-electron chi connectivity index (χ2n) is 15.1. The number of fused-ring (bicyclic) bond motifs is 6. The Bertz CT molecular complexity index is 2830. The Morgan fingerprint density at radius 2 is 0.828 bits per heavy atom. The molecule has 2 aliphatic rings. The molecule has 0 aliphatic carbocycles. The molecule has 0 radical (unpaired) electrons. The van der Waals surface area contributed by atoms with Gasteiger partial charge in [0.05, 0.1) is 0 Å². The van der Waals surface area contributed by atoms with Crippen molar-refractivity contribution in [2.24, 2.45) is 0 Å². The van der Waals surface area contributed by atoms with E-state index < -0.39 is 0 Å². The van der Waals surface area contributed by atoms with E-state index in [-0.39, 0.29) is 0 Å². The van der Waals surface area contributed by atoms with Gasteiger partial charge in [-0.2, -0.15) is 0 Å². The molecule has 2 aliphatic heterocycles. The highest BCUT2D eigenvalue weighted by Crippen LogP contribution is 2.50. The van der Waals surface area contributed by atoms with Crippen LogP contribution in [0, 0.1) is 0 Å². The molecular weight excluding hydrogens is 701 g/mol. The van der Waals surface area contributed by atoms with Gasteiger partial charge in [-0.1, -0.05) is 165 Å². The van der Waals surface area contributed by atoms with Gasteiger partial charge < -0.3 is 9.80 Å². The minimum Gasteiger partial charge on any atom is -0.336 e. The molecule has 2 heteroatoms. The lowest BCUT2D eigenvalue weighted by Crippen LogP contribution is -2.25. The van der Waals surface area contributed by atoms with Crippen LogP contribution in [0.15, 0.2) is 219 Å². The number of hydrogen-bond acceptors (Lipinski definition) is 2. The summed E-state index contributed by atoms with van der Waals surface area (Å²) in [7, 11) is 0. The lowest BCUT2D eigenvalue weighted by atomic mass is 9.83. The van der Waals surface area contributed by atoms with Crippen LogP contribution >= 0.6 is 0 Å².